The largest absolute Gasteiger partial charge is 0.395 e. The van der Waals surface area contributed by atoms with Crippen molar-refractivity contribution in [2.24, 2.45) is 4.99 Å². The number of aliphatic hydroxyl groups excluding tert-OH is 1. The first-order valence-corrected chi connectivity index (χ1v) is 9.94. The van der Waals surface area contributed by atoms with Gasteiger partial charge in [-0.05, 0) is 31.2 Å². The number of nitrogens with zero attached hydrogens (tertiary/aromatic N) is 3. The molecule has 0 saturated heterocycles. The topological polar surface area (TPSA) is 115 Å². The predicted molar refractivity (Wildman–Crippen MR) is 125 cm³/mol. The summed E-state index contributed by atoms with van der Waals surface area (Å²) in [7, 11) is 0. The van der Waals surface area contributed by atoms with Gasteiger partial charge >= 0.3 is 0 Å². The molecule has 0 fully saturated rings. The number of pyridine rings is 2. The summed E-state index contributed by atoms with van der Waals surface area (Å²) < 4.78 is 0. The van der Waals surface area contributed by atoms with E-state index in [0.717, 1.165) is 22.5 Å². The highest BCUT2D eigenvalue weighted by Crippen LogP contribution is 2.41. The van der Waals surface area contributed by atoms with Gasteiger partial charge in [0.2, 0.25) is 5.91 Å². The quantitative estimate of drug-likeness (QED) is 0.392. The lowest BCUT2D eigenvalue weighted by molar-refractivity contribution is -0.114. The number of hydrogen-bond acceptors (Lipinski definition) is 6. The lowest BCUT2D eigenvalue weighted by Gasteiger charge is -2.10. The van der Waals surface area contributed by atoms with Crippen molar-refractivity contribution in [3.8, 4) is 22.5 Å². The van der Waals surface area contributed by atoms with Crippen LogP contribution in [0.3, 0.4) is 0 Å². The molecule has 3 rings (SSSR count). The Morgan fingerprint density at radius 3 is 2.87 bits per heavy atom. The summed E-state index contributed by atoms with van der Waals surface area (Å²) in [5, 5.41) is 15.2. The van der Waals surface area contributed by atoms with E-state index in [1.807, 2.05) is 31.2 Å². The average molecular weight is 439 g/mol. The molecule has 0 radical (unpaired) electrons. The zero-order valence-electron chi connectivity index (χ0n) is 17.2. The maximum absolute atomic E-state index is 11.4. The van der Waals surface area contributed by atoms with E-state index in [2.05, 4.69) is 37.2 Å². The van der Waals surface area contributed by atoms with E-state index in [0.29, 0.717) is 34.6 Å². The Hall–Kier alpha value is -3.49. The van der Waals surface area contributed by atoms with Crippen molar-refractivity contribution in [3.63, 3.8) is 0 Å². The fourth-order valence-electron chi connectivity index (χ4n) is 3.07. The third-order valence-corrected chi connectivity index (χ3v) is 4.36. The molecule has 8 nitrogen and oxygen atoms in total. The van der Waals surface area contributed by atoms with Crippen LogP contribution in [0.5, 0.6) is 0 Å². The van der Waals surface area contributed by atoms with Crippen molar-refractivity contribution in [2.45, 2.75) is 13.8 Å². The van der Waals surface area contributed by atoms with Gasteiger partial charge in [-0.2, -0.15) is 0 Å². The fourth-order valence-corrected chi connectivity index (χ4v) is 3.12. The molecule has 0 bridgehead atoms. The second kappa shape index (κ2) is 10.0. The number of halogens is 1. The van der Waals surface area contributed by atoms with Gasteiger partial charge in [0.05, 0.1) is 34.3 Å². The van der Waals surface area contributed by atoms with Crippen LogP contribution in [0, 0.1) is 6.92 Å². The zero-order chi connectivity index (χ0) is 22.4. The normalized spacial score (nSPS) is 11.0. The molecule has 160 valence electrons. The summed E-state index contributed by atoms with van der Waals surface area (Å²) in [6.07, 6.45) is 3.10. The Labute approximate surface area is 185 Å². The van der Waals surface area contributed by atoms with Crippen molar-refractivity contribution >= 4 is 41.0 Å². The Bertz CT molecular complexity index is 1140. The molecule has 0 saturated carbocycles. The van der Waals surface area contributed by atoms with Crippen molar-refractivity contribution < 1.29 is 9.90 Å². The van der Waals surface area contributed by atoms with E-state index in [-0.39, 0.29) is 12.5 Å². The number of anilines is 2. The highest BCUT2D eigenvalue weighted by molar-refractivity contribution is 6.39. The molecule has 3 heterocycles. The summed E-state index contributed by atoms with van der Waals surface area (Å²) in [6.45, 7) is 7.38. The molecular weight excluding hydrogens is 416 g/mol. The standard InChI is InChI=1S/C22H23ClN6O2/c1-13(23)12-26-21-14(2)27-22(16-7-8-24-19(11-16)28-15(3)31)20(21)17-5-4-6-18(29-17)25-9-10-30/h4-8,11-12,27,30H,1,9-10H2,2-3H3,(H,25,29)(H,24,28,31). The van der Waals surface area contributed by atoms with Gasteiger partial charge in [-0.15, -0.1) is 0 Å². The number of carbonyl (C=O) groups is 1. The molecule has 0 aliphatic rings. The van der Waals surface area contributed by atoms with Gasteiger partial charge in [0, 0.05) is 37.1 Å². The van der Waals surface area contributed by atoms with E-state index in [9.17, 15) is 4.79 Å². The van der Waals surface area contributed by atoms with Gasteiger partial charge in [-0.1, -0.05) is 24.2 Å². The number of aliphatic imine (C=N–C) groups is 1. The summed E-state index contributed by atoms with van der Waals surface area (Å²) in [5.41, 5.74) is 4.49. The number of carbonyl (C=O) groups excluding carboxylic acids is 1. The molecular formula is C22H23ClN6O2. The highest BCUT2D eigenvalue weighted by Gasteiger charge is 2.20. The summed E-state index contributed by atoms with van der Waals surface area (Å²) in [5.74, 6) is 0.859. The summed E-state index contributed by atoms with van der Waals surface area (Å²) >= 11 is 5.90. The fraction of sp³-hybridized carbons (Fsp3) is 0.182. The molecule has 0 aromatic carbocycles. The monoisotopic (exact) mass is 438 g/mol. The zero-order valence-corrected chi connectivity index (χ0v) is 18.0. The minimum absolute atomic E-state index is 0.00324. The molecule has 9 heteroatoms. The number of aromatic nitrogens is 3. The number of hydrogen-bond donors (Lipinski definition) is 4. The number of rotatable bonds is 8. The second-order valence-corrected chi connectivity index (χ2v) is 7.21. The van der Waals surface area contributed by atoms with Crippen LogP contribution in [0.25, 0.3) is 22.5 Å². The number of aryl methyl sites for hydroxylation is 1. The lowest BCUT2D eigenvalue weighted by atomic mass is 10.0. The van der Waals surface area contributed by atoms with Crippen LogP contribution < -0.4 is 10.6 Å². The number of aromatic amines is 1. The molecule has 3 aromatic rings. The van der Waals surface area contributed by atoms with Crippen LogP contribution in [0.15, 0.2) is 53.1 Å². The Balaban J connectivity index is 2.18. The van der Waals surface area contributed by atoms with Gasteiger partial charge in [-0.3, -0.25) is 9.79 Å². The molecule has 0 aliphatic carbocycles. The van der Waals surface area contributed by atoms with Crippen LogP contribution in [0.4, 0.5) is 17.3 Å². The van der Waals surface area contributed by atoms with Crippen molar-refractivity contribution in [1.29, 1.82) is 0 Å². The van der Waals surface area contributed by atoms with Crippen LogP contribution in [-0.4, -0.2) is 45.3 Å². The molecule has 4 N–H and O–H groups in total. The van der Waals surface area contributed by atoms with E-state index >= 15 is 0 Å². The summed E-state index contributed by atoms with van der Waals surface area (Å²) in [4.78, 5) is 28.2. The van der Waals surface area contributed by atoms with Gasteiger partial charge in [0.15, 0.2) is 0 Å². The Kier molecular flexibility index (Phi) is 7.17. The molecule has 1 amide bonds. The first-order valence-electron chi connectivity index (χ1n) is 9.56. The number of H-pyrrole nitrogens is 1. The number of allylic oxidation sites excluding steroid dienone is 1. The van der Waals surface area contributed by atoms with Crippen LogP contribution in [0.2, 0.25) is 0 Å². The van der Waals surface area contributed by atoms with Gasteiger partial charge in [-0.25, -0.2) is 9.97 Å². The molecule has 0 aliphatic heterocycles. The third-order valence-electron chi connectivity index (χ3n) is 4.26. The minimum atomic E-state index is -0.206. The van der Waals surface area contributed by atoms with Crippen LogP contribution >= 0.6 is 11.6 Å². The maximum atomic E-state index is 11.4. The van der Waals surface area contributed by atoms with Crippen molar-refractivity contribution in [2.75, 3.05) is 23.8 Å². The van der Waals surface area contributed by atoms with E-state index in [1.165, 1.54) is 13.1 Å². The molecule has 0 spiro atoms. The predicted octanol–water partition coefficient (Wildman–Crippen LogP) is 4.26. The van der Waals surface area contributed by atoms with E-state index in [1.54, 1.807) is 12.3 Å². The van der Waals surface area contributed by atoms with Crippen LogP contribution in [-0.2, 0) is 4.79 Å². The highest BCUT2D eigenvalue weighted by atomic mass is 35.5. The number of nitrogens with one attached hydrogen (secondary N) is 3. The SMILES string of the molecule is C=C(Cl)C=Nc1c(C)[nH]c(-c2ccnc(NC(C)=O)c2)c1-c1cccc(NCCO)n1. The number of amides is 1. The Morgan fingerprint density at radius 2 is 2.16 bits per heavy atom. The van der Waals surface area contributed by atoms with Gasteiger partial charge in [0.25, 0.3) is 0 Å². The van der Waals surface area contributed by atoms with E-state index in [4.69, 9.17) is 16.7 Å². The molecule has 0 atom stereocenters. The minimum Gasteiger partial charge on any atom is -0.395 e. The first kappa shape index (κ1) is 22.2. The van der Waals surface area contributed by atoms with Crippen molar-refractivity contribution in [3.05, 3.63) is 53.8 Å². The third kappa shape index (κ3) is 5.56. The molecule has 31 heavy (non-hydrogen) atoms. The van der Waals surface area contributed by atoms with Gasteiger partial charge < -0.3 is 20.7 Å². The first-order chi connectivity index (χ1) is 14.9. The average Bonchev–Trinajstić information content (AvgIpc) is 3.07. The van der Waals surface area contributed by atoms with Crippen LogP contribution in [0.1, 0.15) is 12.6 Å². The van der Waals surface area contributed by atoms with Gasteiger partial charge in [0.1, 0.15) is 11.6 Å². The lowest BCUT2D eigenvalue weighted by Crippen LogP contribution is -2.07. The summed E-state index contributed by atoms with van der Waals surface area (Å²) in [6, 6.07) is 9.18. The maximum Gasteiger partial charge on any atom is 0.222 e. The number of aliphatic hydroxyl groups is 1. The smallest absolute Gasteiger partial charge is 0.222 e. The second-order valence-electron chi connectivity index (χ2n) is 6.72. The van der Waals surface area contributed by atoms with E-state index < -0.39 is 0 Å². The van der Waals surface area contributed by atoms with Crippen molar-refractivity contribution in [1.82, 2.24) is 15.0 Å². The molecule has 0 unspecified atom stereocenters. The molecule has 3 aromatic heterocycles. The Morgan fingerprint density at radius 1 is 1.35 bits per heavy atom.